The van der Waals surface area contributed by atoms with Crippen molar-refractivity contribution in [3.8, 4) is 5.75 Å². The number of phenols is 1. The normalized spacial score (nSPS) is 13.4. The van der Waals surface area contributed by atoms with Crippen LogP contribution in [-0.4, -0.2) is 68.5 Å². The minimum absolute atomic E-state index is 0.0182. The summed E-state index contributed by atoms with van der Waals surface area (Å²) in [7, 11) is 0. The second-order valence-electron chi connectivity index (χ2n) is 7.18. The Morgan fingerprint density at radius 1 is 1.06 bits per heavy atom. The Balaban J connectivity index is 2.07. The van der Waals surface area contributed by atoms with Crippen molar-refractivity contribution < 1.29 is 29.4 Å². The van der Waals surface area contributed by atoms with Gasteiger partial charge in [-0.05, 0) is 24.6 Å². The van der Waals surface area contributed by atoms with E-state index in [0.29, 0.717) is 11.3 Å². The summed E-state index contributed by atoms with van der Waals surface area (Å²) < 4.78 is 0. The minimum Gasteiger partial charge on any atom is -0.508 e. The lowest BCUT2D eigenvalue weighted by Crippen LogP contribution is -2.54. The average Bonchev–Trinajstić information content (AvgIpc) is 3.25. The molecule has 1 aromatic carbocycles. The van der Waals surface area contributed by atoms with Gasteiger partial charge in [-0.15, -0.1) is 0 Å². The molecule has 8 N–H and O–H groups in total. The maximum absolute atomic E-state index is 12.8. The monoisotopic (exact) mass is 446 g/mol. The van der Waals surface area contributed by atoms with Crippen LogP contribution in [0.2, 0.25) is 0 Å². The summed E-state index contributed by atoms with van der Waals surface area (Å²) in [5, 5.41) is 26.1. The van der Waals surface area contributed by atoms with Crippen LogP contribution in [0.3, 0.4) is 0 Å². The highest BCUT2D eigenvalue weighted by molar-refractivity contribution is 5.92. The van der Waals surface area contributed by atoms with Gasteiger partial charge in [-0.2, -0.15) is 0 Å². The largest absolute Gasteiger partial charge is 0.508 e. The van der Waals surface area contributed by atoms with Gasteiger partial charge in [-0.25, -0.2) is 9.78 Å². The number of imidazole rings is 1. The van der Waals surface area contributed by atoms with Crippen molar-refractivity contribution in [2.75, 3.05) is 6.54 Å². The third-order valence-corrected chi connectivity index (χ3v) is 4.46. The average molecular weight is 446 g/mol. The summed E-state index contributed by atoms with van der Waals surface area (Å²) in [6, 6.07) is 2.71. The molecule has 0 spiro atoms. The number of carboxylic acids is 1. The number of carbonyl (C=O) groups is 4. The molecule has 2 rings (SSSR count). The second-order valence-corrected chi connectivity index (χ2v) is 7.18. The molecule has 2 aromatic rings. The molecule has 0 radical (unpaired) electrons. The molecule has 1 aromatic heterocycles. The smallest absolute Gasteiger partial charge is 0.326 e. The molecule has 0 aliphatic heterocycles. The van der Waals surface area contributed by atoms with Gasteiger partial charge in [0.1, 0.15) is 17.8 Å². The fourth-order valence-corrected chi connectivity index (χ4v) is 2.74. The minimum atomic E-state index is -1.27. The first kappa shape index (κ1) is 24.3. The zero-order valence-corrected chi connectivity index (χ0v) is 17.4. The van der Waals surface area contributed by atoms with Crippen LogP contribution in [0, 0.1) is 0 Å². The molecule has 0 saturated heterocycles. The molecule has 3 amide bonds. The highest BCUT2D eigenvalue weighted by Crippen LogP contribution is 2.12. The fraction of sp³-hybridized carbons (Fsp3) is 0.350. The van der Waals surface area contributed by atoms with Crippen LogP contribution in [0.15, 0.2) is 36.8 Å². The summed E-state index contributed by atoms with van der Waals surface area (Å²) >= 11 is 0. The van der Waals surface area contributed by atoms with E-state index in [1.54, 1.807) is 12.1 Å². The van der Waals surface area contributed by atoms with Gasteiger partial charge in [0.25, 0.3) is 0 Å². The molecule has 32 heavy (non-hydrogen) atoms. The number of aliphatic carboxylic acids is 1. The molecule has 172 valence electrons. The SMILES string of the molecule is CC(N)C(=O)NCC(=O)NC(Cc1cnc[nH]1)C(=O)NC(Cc1ccc(O)cc1)C(=O)O. The number of rotatable bonds is 11. The Labute approximate surface area is 183 Å². The quantitative estimate of drug-likeness (QED) is 0.214. The fourth-order valence-electron chi connectivity index (χ4n) is 2.74. The van der Waals surface area contributed by atoms with E-state index in [2.05, 4.69) is 25.9 Å². The van der Waals surface area contributed by atoms with Crippen LogP contribution in [0.25, 0.3) is 0 Å². The van der Waals surface area contributed by atoms with Crippen molar-refractivity contribution in [2.24, 2.45) is 5.73 Å². The second kappa shape index (κ2) is 11.5. The lowest BCUT2D eigenvalue weighted by Gasteiger charge is -2.21. The number of H-pyrrole nitrogens is 1. The summed E-state index contributed by atoms with van der Waals surface area (Å²) in [6.07, 6.45) is 2.86. The first-order chi connectivity index (χ1) is 15.2. The Morgan fingerprint density at radius 2 is 1.75 bits per heavy atom. The molecule has 3 atom stereocenters. The van der Waals surface area contributed by atoms with Gasteiger partial charge in [0.15, 0.2) is 0 Å². The van der Waals surface area contributed by atoms with Gasteiger partial charge in [-0.1, -0.05) is 12.1 Å². The molecular formula is C20H26N6O6. The Morgan fingerprint density at radius 3 is 2.31 bits per heavy atom. The highest BCUT2D eigenvalue weighted by atomic mass is 16.4. The van der Waals surface area contributed by atoms with Crippen LogP contribution < -0.4 is 21.7 Å². The number of hydrogen-bond acceptors (Lipinski definition) is 7. The predicted octanol–water partition coefficient (Wildman–Crippen LogP) is -1.58. The number of carboxylic acid groups (broad SMARTS) is 1. The van der Waals surface area contributed by atoms with Crippen LogP contribution >= 0.6 is 0 Å². The number of hydrogen-bond donors (Lipinski definition) is 7. The molecule has 0 aliphatic rings. The molecule has 0 saturated carbocycles. The van der Waals surface area contributed by atoms with E-state index >= 15 is 0 Å². The Hall–Kier alpha value is -3.93. The predicted molar refractivity (Wildman–Crippen MR) is 112 cm³/mol. The molecule has 3 unspecified atom stereocenters. The van der Waals surface area contributed by atoms with E-state index in [1.165, 1.54) is 31.6 Å². The van der Waals surface area contributed by atoms with Gasteiger partial charge < -0.3 is 36.9 Å². The van der Waals surface area contributed by atoms with Crippen LogP contribution in [0.1, 0.15) is 18.2 Å². The Bertz CT molecular complexity index is 929. The molecule has 1 heterocycles. The van der Waals surface area contributed by atoms with E-state index in [1.807, 2.05) is 0 Å². The zero-order valence-electron chi connectivity index (χ0n) is 17.4. The molecular weight excluding hydrogens is 420 g/mol. The number of aromatic nitrogens is 2. The number of aromatic amines is 1. The number of aromatic hydroxyl groups is 1. The van der Waals surface area contributed by atoms with E-state index in [0.717, 1.165) is 0 Å². The topological polar surface area (TPSA) is 200 Å². The van der Waals surface area contributed by atoms with Gasteiger partial charge in [0.2, 0.25) is 17.7 Å². The summed E-state index contributed by atoms with van der Waals surface area (Å²) in [5.41, 5.74) is 6.55. The number of benzene rings is 1. The lowest BCUT2D eigenvalue weighted by molar-refractivity contribution is -0.142. The highest BCUT2D eigenvalue weighted by Gasteiger charge is 2.27. The van der Waals surface area contributed by atoms with Crippen molar-refractivity contribution in [1.82, 2.24) is 25.9 Å². The zero-order chi connectivity index (χ0) is 23.7. The van der Waals surface area contributed by atoms with Crippen LogP contribution in [0.5, 0.6) is 5.75 Å². The maximum Gasteiger partial charge on any atom is 0.326 e. The maximum atomic E-state index is 12.8. The number of nitrogens with zero attached hydrogens (tertiary/aromatic N) is 1. The standard InChI is InChI=1S/C20H26N6O6/c1-11(21)18(29)23-9-17(28)25-15(7-13-8-22-10-24-13)19(30)26-16(20(31)32)6-12-2-4-14(27)5-3-12/h2-5,8,10-11,15-16,27H,6-7,9,21H2,1H3,(H,22,24)(H,23,29)(H,25,28)(H,26,30)(H,31,32). The number of carbonyl (C=O) groups excluding carboxylic acids is 3. The third kappa shape index (κ3) is 7.72. The first-order valence-electron chi connectivity index (χ1n) is 9.76. The van der Waals surface area contributed by atoms with E-state index in [9.17, 15) is 29.4 Å². The van der Waals surface area contributed by atoms with Gasteiger partial charge in [0.05, 0.1) is 18.9 Å². The van der Waals surface area contributed by atoms with E-state index in [4.69, 9.17) is 5.73 Å². The molecule has 12 heteroatoms. The van der Waals surface area contributed by atoms with Crippen molar-refractivity contribution in [3.63, 3.8) is 0 Å². The molecule has 0 aliphatic carbocycles. The van der Waals surface area contributed by atoms with Crippen molar-refractivity contribution >= 4 is 23.7 Å². The first-order valence-corrected chi connectivity index (χ1v) is 9.76. The molecule has 0 bridgehead atoms. The van der Waals surface area contributed by atoms with Gasteiger partial charge in [0, 0.05) is 24.7 Å². The third-order valence-electron chi connectivity index (χ3n) is 4.46. The summed E-state index contributed by atoms with van der Waals surface area (Å²) in [4.78, 5) is 55.0. The summed E-state index contributed by atoms with van der Waals surface area (Å²) in [6.45, 7) is 1.06. The van der Waals surface area contributed by atoms with Crippen molar-refractivity contribution in [3.05, 3.63) is 48.0 Å². The molecule has 0 fully saturated rings. The van der Waals surface area contributed by atoms with Gasteiger partial charge in [-0.3, -0.25) is 14.4 Å². The number of phenolic OH excluding ortho intramolecular Hbond substituents is 1. The molecule has 12 nitrogen and oxygen atoms in total. The number of nitrogens with one attached hydrogen (secondary N) is 4. The number of nitrogens with two attached hydrogens (primary N) is 1. The van der Waals surface area contributed by atoms with E-state index in [-0.39, 0.29) is 18.6 Å². The lowest BCUT2D eigenvalue weighted by atomic mass is 10.0. The Kier molecular flexibility index (Phi) is 8.72. The van der Waals surface area contributed by atoms with Gasteiger partial charge >= 0.3 is 5.97 Å². The number of amides is 3. The summed E-state index contributed by atoms with van der Waals surface area (Å²) in [5.74, 6) is -3.14. The van der Waals surface area contributed by atoms with E-state index < -0.39 is 48.4 Å². The van der Waals surface area contributed by atoms with Crippen LogP contribution in [0.4, 0.5) is 0 Å². The van der Waals surface area contributed by atoms with Crippen molar-refractivity contribution in [1.29, 1.82) is 0 Å². The van der Waals surface area contributed by atoms with Crippen molar-refractivity contribution in [2.45, 2.75) is 37.9 Å². The van der Waals surface area contributed by atoms with Crippen LogP contribution in [-0.2, 0) is 32.0 Å².